The van der Waals surface area contributed by atoms with Gasteiger partial charge in [0, 0.05) is 37.9 Å². The fourth-order valence-electron chi connectivity index (χ4n) is 4.25. The lowest BCUT2D eigenvalue weighted by molar-refractivity contribution is 0.249. The van der Waals surface area contributed by atoms with Crippen LogP contribution in [-0.4, -0.2) is 29.1 Å². The van der Waals surface area contributed by atoms with Crippen molar-refractivity contribution in [3.05, 3.63) is 83.2 Å². The summed E-state index contributed by atoms with van der Waals surface area (Å²) < 4.78 is 2.28. The summed E-state index contributed by atoms with van der Waals surface area (Å²) in [4.78, 5) is 2.51. The third-order valence-electron chi connectivity index (χ3n) is 5.94. The first-order valence-electron chi connectivity index (χ1n) is 10.9. The van der Waals surface area contributed by atoms with Crippen molar-refractivity contribution in [3.63, 3.8) is 0 Å². The van der Waals surface area contributed by atoms with Crippen molar-refractivity contribution in [3.8, 4) is 6.07 Å². The summed E-state index contributed by atoms with van der Waals surface area (Å²) in [5.74, 6) is 0. The lowest BCUT2D eigenvalue weighted by Crippen LogP contribution is -2.31. The first kappa shape index (κ1) is 20.3. The molecular weight excluding hydrogens is 368 g/mol. The number of unbranched alkanes of at least 4 members (excludes halogenated alkanes) is 1. The molecule has 30 heavy (non-hydrogen) atoms. The second-order valence-corrected chi connectivity index (χ2v) is 8.22. The van der Waals surface area contributed by atoms with E-state index < -0.39 is 0 Å². The summed E-state index contributed by atoms with van der Waals surface area (Å²) in [7, 11) is 0. The zero-order chi connectivity index (χ0) is 20.8. The zero-order valence-corrected chi connectivity index (χ0v) is 17.8. The van der Waals surface area contributed by atoms with E-state index in [1.54, 1.807) is 0 Å². The number of aromatic nitrogens is 1. The molecule has 0 aliphatic carbocycles. The van der Waals surface area contributed by atoms with Gasteiger partial charge in [-0.3, -0.25) is 4.90 Å². The third kappa shape index (κ3) is 4.93. The van der Waals surface area contributed by atoms with Gasteiger partial charge < -0.3 is 9.88 Å². The molecule has 0 unspecified atom stereocenters. The average molecular weight is 399 g/mol. The van der Waals surface area contributed by atoms with E-state index in [0.29, 0.717) is 0 Å². The molecule has 2 aromatic carbocycles. The van der Waals surface area contributed by atoms with E-state index in [0.717, 1.165) is 51.1 Å². The minimum absolute atomic E-state index is 0.773. The maximum absolute atomic E-state index is 9.10. The van der Waals surface area contributed by atoms with Gasteiger partial charge in [-0.2, -0.15) is 5.26 Å². The molecule has 0 atom stereocenters. The summed E-state index contributed by atoms with van der Waals surface area (Å²) in [6.45, 7) is 7.24. The second kappa shape index (κ2) is 9.65. The molecule has 4 nitrogen and oxygen atoms in total. The third-order valence-corrected chi connectivity index (χ3v) is 5.94. The molecule has 1 aromatic heterocycles. The van der Waals surface area contributed by atoms with Crippen molar-refractivity contribution in [2.45, 2.75) is 39.3 Å². The first-order chi connectivity index (χ1) is 14.7. The van der Waals surface area contributed by atoms with Gasteiger partial charge in [-0.15, -0.1) is 0 Å². The summed E-state index contributed by atoms with van der Waals surface area (Å²) >= 11 is 0. The van der Waals surface area contributed by atoms with Crippen LogP contribution in [0.1, 0.15) is 35.1 Å². The van der Waals surface area contributed by atoms with Crippen molar-refractivity contribution in [1.29, 1.82) is 5.26 Å². The summed E-state index contributed by atoms with van der Waals surface area (Å²) in [5, 5.41) is 13.8. The van der Waals surface area contributed by atoms with Crippen LogP contribution in [0.4, 0.5) is 0 Å². The molecule has 1 aliphatic rings. The Morgan fingerprint density at radius 1 is 1.10 bits per heavy atom. The number of benzene rings is 2. The highest BCUT2D eigenvalue weighted by Gasteiger charge is 2.15. The Bertz CT molecular complexity index is 1070. The normalized spacial score (nSPS) is 14.1. The van der Waals surface area contributed by atoms with Crippen LogP contribution in [0.25, 0.3) is 10.9 Å². The molecule has 0 fully saturated rings. The van der Waals surface area contributed by atoms with Crippen LogP contribution < -0.4 is 5.32 Å². The Morgan fingerprint density at radius 2 is 2.03 bits per heavy atom. The molecule has 0 saturated heterocycles. The molecular formula is C26H30N4. The minimum atomic E-state index is 0.773. The zero-order valence-electron chi connectivity index (χ0n) is 17.8. The van der Waals surface area contributed by atoms with Gasteiger partial charge >= 0.3 is 0 Å². The molecule has 0 spiro atoms. The van der Waals surface area contributed by atoms with Gasteiger partial charge in [0.25, 0.3) is 0 Å². The van der Waals surface area contributed by atoms with E-state index in [2.05, 4.69) is 82.6 Å². The average Bonchev–Trinajstić information content (AvgIpc) is 3.16. The topological polar surface area (TPSA) is 44.0 Å². The van der Waals surface area contributed by atoms with Crippen LogP contribution in [0.2, 0.25) is 0 Å². The predicted molar refractivity (Wildman–Crippen MR) is 123 cm³/mol. The number of aryl methyl sites for hydroxylation is 1. The van der Waals surface area contributed by atoms with Crippen molar-refractivity contribution in [2.24, 2.45) is 0 Å². The maximum Gasteiger partial charge on any atom is 0.0991 e. The van der Waals surface area contributed by atoms with Gasteiger partial charge in [0.2, 0.25) is 0 Å². The smallest absolute Gasteiger partial charge is 0.0991 e. The summed E-state index contributed by atoms with van der Waals surface area (Å²) in [6, 6.07) is 17.2. The van der Waals surface area contributed by atoms with E-state index in [9.17, 15) is 0 Å². The first-order valence-corrected chi connectivity index (χ1v) is 10.9. The number of fused-ring (bicyclic) bond motifs is 2. The molecule has 0 saturated carbocycles. The van der Waals surface area contributed by atoms with Crippen molar-refractivity contribution >= 4 is 10.9 Å². The lowest BCUT2D eigenvalue weighted by Gasteiger charge is -2.28. The van der Waals surface area contributed by atoms with Crippen molar-refractivity contribution < 1.29 is 0 Å². The van der Waals surface area contributed by atoms with Crippen LogP contribution in [0.15, 0.2) is 60.9 Å². The predicted octanol–water partition coefficient (Wildman–Crippen LogP) is 4.76. The minimum Gasteiger partial charge on any atom is -0.391 e. The number of allylic oxidation sites excluding steroid dienone is 1. The highest BCUT2D eigenvalue weighted by molar-refractivity contribution is 5.80. The van der Waals surface area contributed by atoms with Gasteiger partial charge in [-0.05, 0) is 91.9 Å². The molecule has 1 N–H and O–H groups in total. The molecule has 4 heteroatoms. The number of hydrogen-bond donors (Lipinski definition) is 1. The van der Waals surface area contributed by atoms with E-state index in [1.165, 1.54) is 34.0 Å². The van der Waals surface area contributed by atoms with E-state index in [4.69, 9.17) is 5.26 Å². The van der Waals surface area contributed by atoms with Gasteiger partial charge in [-0.25, -0.2) is 0 Å². The van der Waals surface area contributed by atoms with Gasteiger partial charge in [-0.1, -0.05) is 17.7 Å². The fraction of sp³-hybridized carbons (Fsp3) is 0.346. The maximum atomic E-state index is 9.10. The molecule has 2 heterocycles. The Morgan fingerprint density at radius 3 is 2.93 bits per heavy atom. The Hall–Kier alpha value is -3.03. The Kier molecular flexibility index (Phi) is 6.51. The van der Waals surface area contributed by atoms with Gasteiger partial charge in [0.05, 0.1) is 11.6 Å². The van der Waals surface area contributed by atoms with E-state index >= 15 is 0 Å². The molecule has 154 valence electrons. The molecule has 4 rings (SSSR count). The largest absolute Gasteiger partial charge is 0.391 e. The number of nitriles is 1. The van der Waals surface area contributed by atoms with Crippen LogP contribution in [0.3, 0.4) is 0 Å². The van der Waals surface area contributed by atoms with Crippen LogP contribution >= 0.6 is 0 Å². The molecule has 0 radical (unpaired) electrons. The highest BCUT2D eigenvalue weighted by Crippen LogP contribution is 2.20. The SMILES string of the molecule is Cc1ccc2c(ccn2C/C=C/NCCCCN2CCc3ccc(C#N)cc3C2)c1. The quantitative estimate of drug-likeness (QED) is 0.556. The molecule has 0 bridgehead atoms. The van der Waals surface area contributed by atoms with E-state index in [-0.39, 0.29) is 0 Å². The molecule has 3 aromatic rings. The molecule has 0 amide bonds. The van der Waals surface area contributed by atoms with Crippen LogP contribution in [0, 0.1) is 18.3 Å². The van der Waals surface area contributed by atoms with Crippen LogP contribution in [0.5, 0.6) is 0 Å². The second-order valence-electron chi connectivity index (χ2n) is 8.22. The number of nitrogens with zero attached hydrogens (tertiary/aromatic N) is 3. The molecule has 1 aliphatic heterocycles. The number of rotatable bonds is 8. The van der Waals surface area contributed by atoms with Gasteiger partial charge in [0.15, 0.2) is 0 Å². The Balaban J connectivity index is 1.14. The standard InChI is InChI=1S/C26H30N4/c1-21-5-8-26-24(17-21)10-16-30(26)14-4-12-28-11-2-3-13-29-15-9-23-7-6-22(19-27)18-25(23)20-29/h4-8,10,12,16-18,28H,2-3,9,11,13-15,20H2,1H3/b12-4+. The Labute approximate surface area is 179 Å². The van der Waals surface area contributed by atoms with Crippen molar-refractivity contribution in [2.75, 3.05) is 19.6 Å². The van der Waals surface area contributed by atoms with E-state index in [1.807, 2.05) is 6.07 Å². The summed E-state index contributed by atoms with van der Waals surface area (Å²) in [6.07, 6.45) is 9.88. The number of nitrogens with one attached hydrogen (secondary N) is 1. The lowest BCUT2D eigenvalue weighted by atomic mass is 9.97. The number of hydrogen-bond acceptors (Lipinski definition) is 3. The monoisotopic (exact) mass is 398 g/mol. The van der Waals surface area contributed by atoms with Crippen molar-refractivity contribution in [1.82, 2.24) is 14.8 Å². The fourth-order valence-corrected chi connectivity index (χ4v) is 4.25. The summed E-state index contributed by atoms with van der Waals surface area (Å²) in [5.41, 5.74) is 6.10. The van der Waals surface area contributed by atoms with Crippen LogP contribution in [-0.2, 0) is 19.5 Å². The highest BCUT2D eigenvalue weighted by atomic mass is 15.1. The van der Waals surface area contributed by atoms with Gasteiger partial charge in [0.1, 0.15) is 0 Å².